The van der Waals surface area contributed by atoms with E-state index in [0.29, 0.717) is 32.6 Å². The fourth-order valence-corrected chi connectivity index (χ4v) is 2.34. The Morgan fingerprint density at radius 1 is 1.21 bits per heavy atom. The van der Waals surface area contributed by atoms with E-state index in [1.165, 1.54) is 0 Å². The van der Waals surface area contributed by atoms with Gasteiger partial charge in [-0.1, -0.05) is 13.3 Å². The highest BCUT2D eigenvalue weighted by atomic mass is 16.4. The summed E-state index contributed by atoms with van der Waals surface area (Å²) < 4.78 is 0. The maximum Gasteiger partial charge on any atom is 0.303 e. The summed E-state index contributed by atoms with van der Waals surface area (Å²) in [5, 5.41) is 8.72. The monoisotopic (exact) mass is 270 g/mol. The Balaban J connectivity index is 2.51. The fourth-order valence-electron chi connectivity index (χ4n) is 2.34. The van der Waals surface area contributed by atoms with E-state index in [2.05, 4.69) is 0 Å². The average Bonchev–Trinajstić information content (AvgIpc) is 2.42. The summed E-state index contributed by atoms with van der Waals surface area (Å²) in [7, 11) is 0. The molecule has 108 valence electrons. The van der Waals surface area contributed by atoms with Crippen LogP contribution in [-0.4, -0.2) is 59.4 Å². The van der Waals surface area contributed by atoms with Crippen LogP contribution in [0.15, 0.2) is 0 Å². The molecule has 1 aliphatic rings. The van der Waals surface area contributed by atoms with E-state index in [-0.39, 0.29) is 18.2 Å². The van der Waals surface area contributed by atoms with Gasteiger partial charge in [0.15, 0.2) is 0 Å². The lowest BCUT2D eigenvalue weighted by molar-refractivity contribution is -0.141. The molecule has 2 amide bonds. The van der Waals surface area contributed by atoms with Gasteiger partial charge in [-0.25, -0.2) is 0 Å². The number of carbonyl (C=O) groups excluding carboxylic acids is 2. The third-order valence-electron chi connectivity index (χ3n) is 3.47. The standard InChI is InChI=1S/C13H22N2O4/c1-2-3-11(4-5-12(17)18)13(19)15-8-6-14(10-16)7-9-15/h10-11H,2-9H2,1H3,(H,17,18). The molecule has 0 aromatic carbocycles. The summed E-state index contributed by atoms with van der Waals surface area (Å²) in [5.74, 6) is -1.03. The van der Waals surface area contributed by atoms with Crippen LogP contribution in [0.3, 0.4) is 0 Å². The number of rotatable bonds is 7. The van der Waals surface area contributed by atoms with Crippen molar-refractivity contribution in [2.24, 2.45) is 5.92 Å². The van der Waals surface area contributed by atoms with Crippen molar-refractivity contribution in [2.45, 2.75) is 32.6 Å². The topological polar surface area (TPSA) is 77.9 Å². The van der Waals surface area contributed by atoms with Crippen LogP contribution in [0.4, 0.5) is 0 Å². The minimum absolute atomic E-state index is 0.0324. The minimum atomic E-state index is -0.861. The summed E-state index contributed by atoms with van der Waals surface area (Å²) in [6.45, 7) is 4.21. The van der Waals surface area contributed by atoms with Crippen LogP contribution in [0.25, 0.3) is 0 Å². The molecule has 0 aliphatic carbocycles. The van der Waals surface area contributed by atoms with Crippen molar-refractivity contribution in [3.63, 3.8) is 0 Å². The van der Waals surface area contributed by atoms with Gasteiger partial charge in [0.2, 0.25) is 12.3 Å². The molecule has 19 heavy (non-hydrogen) atoms. The van der Waals surface area contributed by atoms with Crippen molar-refractivity contribution in [1.82, 2.24) is 9.80 Å². The summed E-state index contributed by atoms with van der Waals surface area (Å²) in [6, 6.07) is 0. The van der Waals surface area contributed by atoms with Gasteiger partial charge in [0.05, 0.1) is 0 Å². The number of carbonyl (C=O) groups is 3. The average molecular weight is 270 g/mol. The summed E-state index contributed by atoms with van der Waals surface area (Å²) in [6.07, 6.45) is 2.82. The van der Waals surface area contributed by atoms with Gasteiger partial charge in [0.1, 0.15) is 0 Å². The molecule has 0 aromatic heterocycles. The molecule has 6 heteroatoms. The Hall–Kier alpha value is -1.59. The van der Waals surface area contributed by atoms with Crippen LogP contribution < -0.4 is 0 Å². The number of hydrogen-bond donors (Lipinski definition) is 1. The quantitative estimate of drug-likeness (QED) is 0.686. The van der Waals surface area contributed by atoms with E-state index >= 15 is 0 Å². The molecule has 0 radical (unpaired) electrons. The van der Waals surface area contributed by atoms with Gasteiger partial charge >= 0.3 is 5.97 Å². The van der Waals surface area contributed by atoms with Gasteiger partial charge in [-0.3, -0.25) is 14.4 Å². The Labute approximate surface area is 113 Å². The zero-order valence-corrected chi connectivity index (χ0v) is 11.4. The first kappa shape index (κ1) is 15.5. The molecule has 1 fully saturated rings. The number of hydrogen-bond acceptors (Lipinski definition) is 3. The van der Waals surface area contributed by atoms with Crippen LogP contribution in [-0.2, 0) is 14.4 Å². The number of nitrogens with zero attached hydrogens (tertiary/aromatic N) is 2. The van der Waals surface area contributed by atoms with Crippen molar-refractivity contribution in [1.29, 1.82) is 0 Å². The van der Waals surface area contributed by atoms with E-state index in [1.54, 1.807) is 9.80 Å². The first-order valence-corrected chi connectivity index (χ1v) is 6.78. The molecule has 6 nitrogen and oxygen atoms in total. The van der Waals surface area contributed by atoms with Gasteiger partial charge < -0.3 is 14.9 Å². The van der Waals surface area contributed by atoms with Gasteiger partial charge in [0.25, 0.3) is 0 Å². The van der Waals surface area contributed by atoms with Crippen molar-refractivity contribution >= 4 is 18.3 Å². The van der Waals surface area contributed by atoms with Crippen molar-refractivity contribution in [2.75, 3.05) is 26.2 Å². The first-order chi connectivity index (χ1) is 9.08. The SMILES string of the molecule is CCCC(CCC(=O)O)C(=O)N1CCN(C=O)CC1. The Morgan fingerprint density at radius 2 is 1.84 bits per heavy atom. The highest BCUT2D eigenvalue weighted by molar-refractivity contribution is 5.79. The van der Waals surface area contributed by atoms with Gasteiger partial charge in [-0.2, -0.15) is 0 Å². The molecule has 1 heterocycles. The maximum atomic E-state index is 12.3. The highest BCUT2D eigenvalue weighted by Gasteiger charge is 2.26. The lowest BCUT2D eigenvalue weighted by Gasteiger charge is -2.34. The second-order valence-electron chi connectivity index (χ2n) is 4.88. The molecule has 1 aliphatic heterocycles. The van der Waals surface area contributed by atoms with Gasteiger partial charge in [0, 0.05) is 38.5 Å². The summed E-state index contributed by atoms with van der Waals surface area (Å²) in [4.78, 5) is 36.9. The largest absolute Gasteiger partial charge is 0.481 e. The van der Waals surface area contributed by atoms with E-state index in [1.807, 2.05) is 6.92 Å². The second-order valence-corrected chi connectivity index (χ2v) is 4.88. The van der Waals surface area contributed by atoms with Crippen LogP contribution in [0.5, 0.6) is 0 Å². The molecular formula is C13H22N2O4. The number of carboxylic acid groups (broad SMARTS) is 1. The van der Waals surface area contributed by atoms with E-state index in [0.717, 1.165) is 19.3 Å². The summed E-state index contributed by atoms with van der Waals surface area (Å²) >= 11 is 0. The zero-order valence-electron chi connectivity index (χ0n) is 11.4. The molecule has 0 saturated carbocycles. The first-order valence-electron chi connectivity index (χ1n) is 6.78. The molecule has 1 saturated heterocycles. The minimum Gasteiger partial charge on any atom is -0.481 e. The summed E-state index contributed by atoms with van der Waals surface area (Å²) in [5.41, 5.74) is 0. The molecular weight excluding hydrogens is 248 g/mol. The molecule has 1 rings (SSSR count). The highest BCUT2D eigenvalue weighted by Crippen LogP contribution is 2.18. The smallest absolute Gasteiger partial charge is 0.303 e. The van der Waals surface area contributed by atoms with E-state index < -0.39 is 5.97 Å². The Bertz CT molecular complexity index is 325. The van der Waals surface area contributed by atoms with Crippen molar-refractivity contribution in [3.05, 3.63) is 0 Å². The number of carboxylic acids is 1. The maximum absolute atomic E-state index is 12.3. The van der Waals surface area contributed by atoms with Gasteiger partial charge in [-0.05, 0) is 12.8 Å². The molecule has 0 aromatic rings. The third-order valence-corrected chi connectivity index (χ3v) is 3.47. The number of piperazine rings is 1. The van der Waals surface area contributed by atoms with E-state index in [4.69, 9.17) is 5.11 Å². The zero-order chi connectivity index (χ0) is 14.3. The van der Waals surface area contributed by atoms with Crippen LogP contribution >= 0.6 is 0 Å². The fraction of sp³-hybridized carbons (Fsp3) is 0.769. The van der Waals surface area contributed by atoms with E-state index in [9.17, 15) is 14.4 Å². The predicted octanol–water partition coefficient (Wildman–Crippen LogP) is 0.568. The lowest BCUT2D eigenvalue weighted by atomic mass is 9.96. The molecule has 0 spiro atoms. The van der Waals surface area contributed by atoms with Crippen molar-refractivity contribution in [3.8, 4) is 0 Å². The lowest BCUT2D eigenvalue weighted by Crippen LogP contribution is -2.49. The van der Waals surface area contributed by atoms with Crippen LogP contribution in [0.2, 0.25) is 0 Å². The third kappa shape index (κ3) is 4.89. The normalized spacial score (nSPS) is 17.1. The predicted molar refractivity (Wildman–Crippen MR) is 69.5 cm³/mol. The number of amides is 2. The van der Waals surface area contributed by atoms with Gasteiger partial charge in [-0.15, -0.1) is 0 Å². The van der Waals surface area contributed by atoms with Crippen molar-refractivity contribution < 1.29 is 19.5 Å². The van der Waals surface area contributed by atoms with Crippen LogP contribution in [0.1, 0.15) is 32.6 Å². The Morgan fingerprint density at radius 3 is 2.32 bits per heavy atom. The second kappa shape index (κ2) is 7.76. The molecule has 0 bridgehead atoms. The number of aliphatic carboxylic acids is 1. The Kier molecular flexibility index (Phi) is 6.32. The molecule has 1 atom stereocenters. The molecule has 1 N–H and O–H groups in total. The van der Waals surface area contributed by atoms with Crippen LogP contribution in [0, 0.1) is 5.92 Å². The molecule has 1 unspecified atom stereocenters.